The van der Waals surface area contributed by atoms with Crippen molar-refractivity contribution in [2.75, 3.05) is 18.2 Å². The molecule has 4 rings (SSSR count). The second-order valence-electron chi connectivity index (χ2n) is 7.55. The smallest absolute Gasteiger partial charge is 0.234 e. The van der Waals surface area contributed by atoms with Gasteiger partial charge in [-0.05, 0) is 42.0 Å². The van der Waals surface area contributed by atoms with E-state index in [0.717, 1.165) is 16.5 Å². The molecule has 0 spiro atoms. The van der Waals surface area contributed by atoms with Crippen LogP contribution in [-0.2, 0) is 11.3 Å². The van der Waals surface area contributed by atoms with E-state index < -0.39 is 0 Å². The average Bonchev–Trinajstić information content (AvgIpc) is 3.26. The highest BCUT2D eigenvalue weighted by Gasteiger charge is 2.21. The van der Waals surface area contributed by atoms with Gasteiger partial charge in [0.1, 0.15) is 0 Å². The number of nitrogens with zero attached hydrogens (tertiary/aromatic N) is 3. The van der Waals surface area contributed by atoms with Crippen molar-refractivity contribution in [3.8, 4) is 11.5 Å². The number of aromatic nitrogens is 3. The molecule has 3 aromatic carbocycles. The fraction of sp³-hybridized carbons (Fsp3) is 0.192. The maximum atomic E-state index is 12.6. The molecule has 0 aliphatic rings. The molecule has 1 atom stereocenters. The first kappa shape index (κ1) is 23.4. The zero-order valence-corrected chi connectivity index (χ0v) is 19.9. The first-order valence-corrected chi connectivity index (χ1v) is 11.8. The van der Waals surface area contributed by atoms with E-state index in [4.69, 9.17) is 9.47 Å². The monoisotopic (exact) mass is 474 g/mol. The lowest BCUT2D eigenvalue weighted by Gasteiger charge is -2.17. The molecular weight excluding hydrogens is 448 g/mol. The number of rotatable bonds is 10. The van der Waals surface area contributed by atoms with Crippen molar-refractivity contribution in [3.05, 3.63) is 85.2 Å². The van der Waals surface area contributed by atoms with Gasteiger partial charge >= 0.3 is 0 Å². The Kier molecular flexibility index (Phi) is 7.49. The number of para-hydroxylation sites is 2. The molecular formula is C26H26N4O3S. The van der Waals surface area contributed by atoms with Gasteiger partial charge in [0.05, 0.1) is 12.9 Å². The van der Waals surface area contributed by atoms with Crippen molar-refractivity contribution < 1.29 is 14.3 Å². The van der Waals surface area contributed by atoms with E-state index in [1.807, 2.05) is 78.2 Å². The minimum Gasteiger partial charge on any atom is -0.493 e. The number of carbonyl (C=O) groups excluding carboxylic acids is 1. The molecule has 0 fully saturated rings. The molecule has 34 heavy (non-hydrogen) atoms. The molecule has 1 N–H and O–H groups in total. The van der Waals surface area contributed by atoms with E-state index in [2.05, 4.69) is 22.1 Å². The van der Waals surface area contributed by atoms with Crippen molar-refractivity contribution >= 4 is 34.1 Å². The zero-order chi connectivity index (χ0) is 23.9. The fourth-order valence-corrected chi connectivity index (χ4v) is 4.32. The molecule has 7 nitrogen and oxygen atoms in total. The molecule has 1 heterocycles. The Balaban J connectivity index is 1.43. The molecule has 1 unspecified atom stereocenters. The van der Waals surface area contributed by atoms with Gasteiger partial charge in [-0.15, -0.1) is 16.8 Å². The number of allylic oxidation sites excluding steroid dienone is 1. The van der Waals surface area contributed by atoms with Crippen molar-refractivity contribution in [1.82, 2.24) is 14.8 Å². The second-order valence-corrected chi connectivity index (χ2v) is 8.49. The Morgan fingerprint density at radius 2 is 1.82 bits per heavy atom. The molecule has 4 aromatic rings. The van der Waals surface area contributed by atoms with E-state index in [1.54, 1.807) is 13.2 Å². The lowest BCUT2D eigenvalue weighted by molar-refractivity contribution is -0.113. The number of methoxy groups -OCH3 is 1. The van der Waals surface area contributed by atoms with Gasteiger partial charge in [0.2, 0.25) is 5.91 Å². The topological polar surface area (TPSA) is 78.3 Å². The number of hydrogen-bond donors (Lipinski definition) is 1. The Hall–Kier alpha value is -3.78. The van der Waals surface area contributed by atoms with Gasteiger partial charge in [0, 0.05) is 12.2 Å². The zero-order valence-electron chi connectivity index (χ0n) is 19.1. The number of hydrogen-bond acceptors (Lipinski definition) is 6. The lowest BCUT2D eigenvalue weighted by atomic mass is 10.1. The van der Waals surface area contributed by atoms with Crippen LogP contribution in [0.2, 0.25) is 0 Å². The van der Waals surface area contributed by atoms with Crippen LogP contribution in [0.4, 0.5) is 5.69 Å². The van der Waals surface area contributed by atoms with Crippen molar-refractivity contribution in [2.45, 2.75) is 24.7 Å². The second kappa shape index (κ2) is 10.9. The molecule has 0 aliphatic carbocycles. The van der Waals surface area contributed by atoms with Crippen LogP contribution in [0.25, 0.3) is 10.8 Å². The van der Waals surface area contributed by atoms with Gasteiger partial charge in [0.15, 0.2) is 28.6 Å². The maximum absolute atomic E-state index is 12.6. The minimum absolute atomic E-state index is 0.117. The summed E-state index contributed by atoms with van der Waals surface area (Å²) < 4.78 is 13.4. The van der Waals surface area contributed by atoms with Gasteiger partial charge in [-0.25, -0.2) is 0 Å². The number of carbonyl (C=O) groups is 1. The van der Waals surface area contributed by atoms with Crippen LogP contribution in [0, 0.1) is 0 Å². The number of amides is 1. The highest BCUT2D eigenvalue weighted by molar-refractivity contribution is 7.99. The summed E-state index contributed by atoms with van der Waals surface area (Å²) in [4.78, 5) is 12.6. The van der Waals surface area contributed by atoms with E-state index in [9.17, 15) is 4.79 Å². The first-order chi connectivity index (χ1) is 16.6. The van der Waals surface area contributed by atoms with E-state index in [0.29, 0.717) is 29.0 Å². The summed E-state index contributed by atoms with van der Waals surface area (Å²) in [5.41, 5.74) is 0.761. The predicted molar refractivity (Wildman–Crippen MR) is 136 cm³/mol. The average molecular weight is 475 g/mol. The standard InChI is InChI=1S/C26H26N4O3S/c1-4-15-30-25(18(2)33-23-12-8-7-11-22(23)32-3)28-29-26(30)34-17-24(31)27-21-14-13-19-9-5-6-10-20(19)16-21/h4-14,16,18H,1,15,17H2,2-3H3,(H,27,31). The number of anilines is 1. The van der Waals surface area contributed by atoms with Crippen molar-refractivity contribution in [3.63, 3.8) is 0 Å². The Labute approximate surface area is 202 Å². The molecule has 0 aliphatic heterocycles. The highest BCUT2D eigenvalue weighted by Crippen LogP contribution is 2.31. The largest absolute Gasteiger partial charge is 0.493 e. The summed E-state index contributed by atoms with van der Waals surface area (Å²) in [7, 11) is 1.60. The summed E-state index contributed by atoms with van der Waals surface area (Å²) in [5, 5.41) is 14.4. The normalized spacial score (nSPS) is 11.7. The van der Waals surface area contributed by atoms with E-state index >= 15 is 0 Å². The third-order valence-corrected chi connectivity index (χ3v) is 6.13. The molecule has 1 amide bonds. The van der Waals surface area contributed by atoms with E-state index in [1.165, 1.54) is 11.8 Å². The third kappa shape index (κ3) is 5.40. The van der Waals surface area contributed by atoms with Gasteiger partial charge < -0.3 is 14.8 Å². The summed E-state index contributed by atoms with van der Waals surface area (Å²) in [6.45, 7) is 6.24. The number of thioether (sulfide) groups is 1. The van der Waals surface area contributed by atoms with Gasteiger partial charge in [-0.1, -0.05) is 60.3 Å². The van der Waals surface area contributed by atoms with Crippen LogP contribution in [0.1, 0.15) is 18.9 Å². The van der Waals surface area contributed by atoms with Crippen LogP contribution in [-0.4, -0.2) is 33.5 Å². The molecule has 0 saturated carbocycles. The SMILES string of the molecule is C=CCn1c(SCC(=O)Nc2ccc3ccccc3c2)nnc1C(C)Oc1ccccc1OC. The summed E-state index contributed by atoms with van der Waals surface area (Å²) in [6.07, 6.45) is 1.38. The van der Waals surface area contributed by atoms with E-state index in [-0.39, 0.29) is 17.8 Å². The number of ether oxygens (including phenoxy) is 2. The minimum atomic E-state index is -0.385. The lowest BCUT2D eigenvalue weighted by Crippen LogP contribution is -2.15. The van der Waals surface area contributed by atoms with Gasteiger partial charge in [0.25, 0.3) is 0 Å². The van der Waals surface area contributed by atoms with Gasteiger partial charge in [-0.2, -0.15) is 0 Å². The highest BCUT2D eigenvalue weighted by atomic mass is 32.2. The quantitative estimate of drug-likeness (QED) is 0.242. The van der Waals surface area contributed by atoms with Crippen LogP contribution in [0.3, 0.4) is 0 Å². The molecule has 8 heteroatoms. The molecule has 174 valence electrons. The third-order valence-electron chi connectivity index (χ3n) is 5.16. The number of nitrogens with one attached hydrogen (secondary N) is 1. The van der Waals surface area contributed by atoms with Crippen LogP contribution in [0.15, 0.2) is 84.5 Å². The maximum Gasteiger partial charge on any atom is 0.234 e. The number of fused-ring (bicyclic) bond motifs is 1. The molecule has 1 aromatic heterocycles. The molecule has 0 saturated heterocycles. The van der Waals surface area contributed by atoms with Gasteiger partial charge in [-0.3, -0.25) is 9.36 Å². The Bertz CT molecular complexity index is 1300. The number of benzene rings is 3. The molecule has 0 radical (unpaired) electrons. The summed E-state index contributed by atoms with van der Waals surface area (Å²) in [5.74, 6) is 1.99. The summed E-state index contributed by atoms with van der Waals surface area (Å²) >= 11 is 1.32. The Morgan fingerprint density at radius 1 is 1.09 bits per heavy atom. The van der Waals surface area contributed by atoms with Crippen LogP contribution in [0.5, 0.6) is 11.5 Å². The Morgan fingerprint density at radius 3 is 2.59 bits per heavy atom. The van der Waals surface area contributed by atoms with Crippen molar-refractivity contribution in [2.24, 2.45) is 0 Å². The van der Waals surface area contributed by atoms with Crippen molar-refractivity contribution in [1.29, 1.82) is 0 Å². The first-order valence-electron chi connectivity index (χ1n) is 10.8. The summed E-state index contributed by atoms with van der Waals surface area (Å²) in [6, 6.07) is 21.3. The fourth-order valence-electron chi connectivity index (χ4n) is 3.56. The molecule has 0 bridgehead atoms. The van der Waals surface area contributed by atoms with Crippen LogP contribution >= 0.6 is 11.8 Å². The predicted octanol–water partition coefficient (Wildman–Crippen LogP) is 5.50. The van der Waals surface area contributed by atoms with Crippen LogP contribution < -0.4 is 14.8 Å².